The van der Waals surface area contributed by atoms with Gasteiger partial charge in [-0.05, 0) is 36.1 Å². The minimum Gasteiger partial charge on any atom is -0.464 e. The van der Waals surface area contributed by atoms with E-state index in [1.165, 1.54) is 5.56 Å². The van der Waals surface area contributed by atoms with E-state index in [0.29, 0.717) is 13.1 Å². The first-order valence-corrected chi connectivity index (χ1v) is 9.07. The highest BCUT2D eigenvalue weighted by atomic mass is 16.5. The Balaban J connectivity index is 1.33. The molecule has 5 heteroatoms. The van der Waals surface area contributed by atoms with Gasteiger partial charge in [0, 0.05) is 24.0 Å². The second kappa shape index (κ2) is 7.27. The average Bonchev–Trinajstić information content (AvgIpc) is 3.07. The molecule has 0 saturated heterocycles. The molecule has 138 valence electrons. The van der Waals surface area contributed by atoms with Crippen LogP contribution in [0, 0.1) is 6.92 Å². The van der Waals surface area contributed by atoms with Crippen LogP contribution in [0.25, 0.3) is 11.0 Å². The monoisotopic (exact) mass is 363 g/mol. The van der Waals surface area contributed by atoms with Gasteiger partial charge < -0.3 is 14.1 Å². The number of esters is 1. The summed E-state index contributed by atoms with van der Waals surface area (Å²) in [6.07, 6.45) is 2.50. The molecule has 27 heavy (non-hydrogen) atoms. The SMILES string of the molecule is Cc1ccc2c(CC(=O)OCC(=O)N3CCc4ccccc4C3)coc2c1. The summed E-state index contributed by atoms with van der Waals surface area (Å²) in [7, 11) is 0. The average molecular weight is 363 g/mol. The Hall–Kier alpha value is -3.08. The number of hydrogen-bond acceptors (Lipinski definition) is 4. The summed E-state index contributed by atoms with van der Waals surface area (Å²) in [6, 6.07) is 14.0. The second-order valence-corrected chi connectivity index (χ2v) is 6.93. The van der Waals surface area contributed by atoms with Crippen molar-refractivity contribution >= 4 is 22.8 Å². The number of carbonyl (C=O) groups is 2. The van der Waals surface area contributed by atoms with E-state index in [-0.39, 0.29) is 18.9 Å². The lowest BCUT2D eigenvalue weighted by Gasteiger charge is -2.28. The number of furan rings is 1. The number of rotatable bonds is 4. The zero-order valence-corrected chi connectivity index (χ0v) is 15.2. The van der Waals surface area contributed by atoms with Gasteiger partial charge in [0.15, 0.2) is 6.61 Å². The zero-order valence-electron chi connectivity index (χ0n) is 15.2. The van der Waals surface area contributed by atoms with E-state index in [1.54, 1.807) is 11.2 Å². The summed E-state index contributed by atoms with van der Waals surface area (Å²) in [5.74, 6) is -0.588. The fourth-order valence-corrected chi connectivity index (χ4v) is 3.48. The van der Waals surface area contributed by atoms with Crippen LogP contribution in [0.2, 0.25) is 0 Å². The van der Waals surface area contributed by atoms with E-state index in [4.69, 9.17) is 9.15 Å². The van der Waals surface area contributed by atoms with Crippen LogP contribution in [0.15, 0.2) is 53.1 Å². The van der Waals surface area contributed by atoms with Crippen molar-refractivity contribution < 1.29 is 18.7 Å². The van der Waals surface area contributed by atoms with Crippen LogP contribution in [0.5, 0.6) is 0 Å². The lowest BCUT2D eigenvalue weighted by atomic mass is 10.00. The van der Waals surface area contributed by atoms with Gasteiger partial charge in [-0.25, -0.2) is 0 Å². The Kier molecular flexibility index (Phi) is 4.67. The number of carbonyl (C=O) groups excluding carboxylic acids is 2. The third-order valence-corrected chi connectivity index (χ3v) is 4.99. The van der Waals surface area contributed by atoms with Crippen LogP contribution >= 0.6 is 0 Å². The predicted octanol–water partition coefficient (Wildman–Crippen LogP) is 3.41. The molecule has 1 aliphatic rings. The van der Waals surface area contributed by atoms with Gasteiger partial charge in [0.25, 0.3) is 5.91 Å². The van der Waals surface area contributed by atoms with E-state index >= 15 is 0 Å². The van der Waals surface area contributed by atoms with Gasteiger partial charge in [-0.3, -0.25) is 9.59 Å². The highest BCUT2D eigenvalue weighted by Gasteiger charge is 2.21. The van der Waals surface area contributed by atoms with Crippen LogP contribution in [0.3, 0.4) is 0 Å². The van der Waals surface area contributed by atoms with Crippen molar-refractivity contribution in [1.82, 2.24) is 4.90 Å². The van der Waals surface area contributed by atoms with Crippen LogP contribution in [0.4, 0.5) is 0 Å². The van der Waals surface area contributed by atoms with Crippen molar-refractivity contribution in [2.24, 2.45) is 0 Å². The second-order valence-electron chi connectivity index (χ2n) is 6.93. The van der Waals surface area contributed by atoms with Crippen molar-refractivity contribution in [3.05, 3.63) is 71.0 Å². The molecule has 0 fully saturated rings. The normalized spacial score (nSPS) is 13.4. The molecule has 2 aromatic carbocycles. The van der Waals surface area contributed by atoms with Gasteiger partial charge in [-0.15, -0.1) is 0 Å². The van der Waals surface area contributed by atoms with Gasteiger partial charge in [0.05, 0.1) is 12.7 Å². The highest BCUT2D eigenvalue weighted by molar-refractivity contribution is 5.87. The molecular formula is C22H21NO4. The smallest absolute Gasteiger partial charge is 0.310 e. The van der Waals surface area contributed by atoms with Crippen LogP contribution in [0.1, 0.15) is 22.3 Å². The van der Waals surface area contributed by atoms with Gasteiger partial charge >= 0.3 is 5.97 Å². The number of nitrogens with zero attached hydrogens (tertiary/aromatic N) is 1. The number of fused-ring (bicyclic) bond motifs is 2. The first-order valence-electron chi connectivity index (χ1n) is 9.07. The molecule has 5 nitrogen and oxygen atoms in total. The van der Waals surface area contributed by atoms with Crippen LogP contribution in [-0.4, -0.2) is 29.9 Å². The Labute approximate surface area is 157 Å². The minimum atomic E-state index is -0.427. The number of benzene rings is 2. The number of aryl methyl sites for hydroxylation is 1. The van der Waals surface area contributed by atoms with Crippen molar-refractivity contribution in [2.45, 2.75) is 26.3 Å². The number of ether oxygens (including phenoxy) is 1. The molecule has 0 spiro atoms. The summed E-state index contributed by atoms with van der Waals surface area (Å²) in [6.45, 7) is 2.98. The topological polar surface area (TPSA) is 59.8 Å². The third kappa shape index (κ3) is 3.72. The first kappa shape index (κ1) is 17.3. The maximum absolute atomic E-state index is 12.4. The summed E-state index contributed by atoms with van der Waals surface area (Å²) >= 11 is 0. The van der Waals surface area contributed by atoms with Crippen LogP contribution < -0.4 is 0 Å². The molecule has 0 N–H and O–H groups in total. The quantitative estimate of drug-likeness (QED) is 0.667. The highest BCUT2D eigenvalue weighted by Crippen LogP contribution is 2.23. The molecule has 0 radical (unpaired) electrons. The zero-order chi connectivity index (χ0) is 18.8. The molecule has 1 aliphatic heterocycles. The molecule has 0 unspecified atom stereocenters. The van der Waals surface area contributed by atoms with Crippen molar-refractivity contribution in [2.75, 3.05) is 13.2 Å². The maximum Gasteiger partial charge on any atom is 0.310 e. The fourth-order valence-electron chi connectivity index (χ4n) is 3.48. The largest absolute Gasteiger partial charge is 0.464 e. The molecule has 0 aliphatic carbocycles. The van der Waals surface area contributed by atoms with Crippen molar-refractivity contribution in [3.8, 4) is 0 Å². The van der Waals surface area contributed by atoms with E-state index in [2.05, 4.69) is 6.07 Å². The van der Waals surface area contributed by atoms with E-state index < -0.39 is 5.97 Å². The summed E-state index contributed by atoms with van der Waals surface area (Å²) in [5.41, 5.74) is 5.05. The summed E-state index contributed by atoms with van der Waals surface area (Å²) in [4.78, 5) is 26.3. The fraction of sp³-hybridized carbons (Fsp3) is 0.273. The van der Waals surface area contributed by atoms with Gasteiger partial charge in [0.2, 0.25) is 0 Å². The van der Waals surface area contributed by atoms with E-state index in [1.807, 2.05) is 43.3 Å². The number of hydrogen-bond donors (Lipinski definition) is 0. The predicted molar refractivity (Wildman–Crippen MR) is 101 cm³/mol. The molecule has 4 rings (SSSR count). The third-order valence-electron chi connectivity index (χ3n) is 4.99. The first-order chi connectivity index (χ1) is 13.1. The maximum atomic E-state index is 12.4. The summed E-state index contributed by atoms with van der Waals surface area (Å²) < 4.78 is 10.7. The van der Waals surface area contributed by atoms with E-state index in [9.17, 15) is 9.59 Å². The molecule has 2 heterocycles. The lowest BCUT2D eigenvalue weighted by Crippen LogP contribution is -2.38. The Bertz CT molecular complexity index is 1000. The number of amides is 1. The Morgan fingerprint density at radius 1 is 1.15 bits per heavy atom. The van der Waals surface area contributed by atoms with Crippen LogP contribution in [-0.2, 0) is 33.7 Å². The van der Waals surface area contributed by atoms with Crippen molar-refractivity contribution in [3.63, 3.8) is 0 Å². The standard InChI is InChI=1S/C22H21NO4/c1-15-6-7-19-18(13-26-20(19)10-15)11-22(25)27-14-21(24)23-9-8-16-4-2-3-5-17(16)12-23/h2-7,10,13H,8-9,11-12,14H2,1H3. The molecule has 0 atom stereocenters. The molecule has 0 saturated carbocycles. The Morgan fingerprint density at radius 3 is 2.81 bits per heavy atom. The van der Waals surface area contributed by atoms with Gasteiger partial charge in [-0.2, -0.15) is 0 Å². The molecule has 1 aromatic heterocycles. The van der Waals surface area contributed by atoms with Crippen molar-refractivity contribution in [1.29, 1.82) is 0 Å². The summed E-state index contributed by atoms with van der Waals surface area (Å²) in [5, 5.41) is 0.900. The van der Waals surface area contributed by atoms with E-state index in [0.717, 1.165) is 34.1 Å². The van der Waals surface area contributed by atoms with Gasteiger partial charge in [0.1, 0.15) is 5.58 Å². The molecule has 0 bridgehead atoms. The lowest BCUT2D eigenvalue weighted by molar-refractivity contribution is -0.151. The minimum absolute atomic E-state index is 0.0895. The molecule has 1 amide bonds. The Morgan fingerprint density at radius 2 is 1.96 bits per heavy atom. The molecule has 3 aromatic rings. The molecular weight excluding hydrogens is 342 g/mol. The van der Waals surface area contributed by atoms with Gasteiger partial charge in [-0.1, -0.05) is 36.4 Å².